The molecule has 1 fully saturated rings. The molecule has 1 atom stereocenters. The van der Waals surface area contributed by atoms with Crippen molar-refractivity contribution in [2.45, 2.75) is 39.7 Å². The quantitative estimate of drug-likeness (QED) is 0.837. The molecule has 1 aliphatic heterocycles. The van der Waals surface area contributed by atoms with E-state index in [1.807, 2.05) is 24.0 Å². The minimum Gasteiger partial charge on any atom is -0.310 e. The Morgan fingerprint density at radius 3 is 2.74 bits per heavy atom. The normalized spacial score (nSPS) is 19.3. The number of hydrogen-bond acceptors (Lipinski definition) is 3. The molecular weight excluding hydrogens is 238 g/mol. The number of hydrogen-bond donors (Lipinski definition) is 0. The van der Waals surface area contributed by atoms with Crippen molar-refractivity contribution in [3.63, 3.8) is 0 Å². The van der Waals surface area contributed by atoms with Crippen molar-refractivity contribution in [3.8, 4) is 0 Å². The highest BCUT2D eigenvalue weighted by atomic mass is 16.2. The zero-order valence-electron chi connectivity index (χ0n) is 12.1. The average Bonchev–Trinajstić information content (AvgIpc) is 2.61. The van der Waals surface area contributed by atoms with Crippen LogP contribution in [0.2, 0.25) is 0 Å². The number of aromatic nitrogens is 1. The Bertz CT molecular complexity index is 430. The monoisotopic (exact) mass is 261 g/mol. The van der Waals surface area contributed by atoms with Crippen molar-refractivity contribution in [1.29, 1.82) is 0 Å². The first-order valence-electron chi connectivity index (χ1n) is 7.09. The molecule has 0 aromatic carbocycles. The summed E-state index contributed by atoms with van der Waals surface area (Å²) in [6.45, 7) is 8.94. The van der Waals surface area contributed by atoms with E-state index in [-0.39, 0.29) is 5.91 Å². The fourth-order valence-corrected chi connectivity index (χ4v) is 2.43. The van der Waals surface area contributed by atoms with Gasteiger partial charge in [-0.15, -0.1) is 0 Å². The van der Waals surface area contributed by atoms with Crippen LogP contribution in [0.25, 0.3) is 0 Å². The highest BCUT2D eigenvalue weighted by molar-refractivity contribution is 5.93. The van der Waals surface area contributed by atoms with E-state index in [1.54, 1.807) is 6.20 Å². The summed E-state index contributed by atoms with van der Waals surface area (Å²) in [5.41, 5.74) is 1.90. The van der Waals surface area contributed by atoms with Gasteiger partial charge in [0.15, 0.2) is 0 Å². The Balaban J connectivity index is 2.10. The van der Waals surface area contributed by atoms with Gasteiger partial charge in [-0.05, 0) is 32.4 Å². The van der Waals surface area contributed by atoms with E-state index in [4.69, 9.17) is 0 Å². The summed E-state index contributed by atoms with van der Waals surface area (Å²) in [5, 5.41) is 0. The molecule has 0 radical (unpaired) electrons. The zero-order valence-corrected chi connectivity index (χ0v) is 12.1. The van der Waals surface area contributed by atoms with Crippen molar-refractivity contribution < 1.29 is 4.79 Å². The molecule has 0 aliphatic carbocycles. The molecule has 2 heterocycles. The third-order valence-electron chi connectivity index (χ3n) is 3.95. The second-order valence-corrected chi connectivity index (χ2v) is 5.25. The van der Waals surface area contributed by atoms with Gasteiger partial charge in [0.05, 0.1) is 11.9 Å². The van der Waals surface area contributed by atoms with Crippen LogP contribution >= 0.6 is 0 Å². The zero-order chi connectivity index (χ0) is 13.8. The van der Waals surface area contributed by atoms with Crippen LogP contribution in [0.15, 0.2) is 18.3 Å². The van der Waals surface area contributed by atoms with Crippen molar-refractivity contribution in [2.75, 3.05) is 24.5 Å². The topological polar surface area (TPSA) is 36.4 Å². The van der Waals surface area contributed by atoms with Crippen LogP contribution in [0.4, 0.5) is 5.69 Å². The first-order chi connectivity index (χ1) is 9.11. The lowest BCUT2D eigenvalue weighted by Crippen LogP contribution is -2.36. The Hall–Kier alpha value is -1.42. The molecule has 0 spiro atoms. The SMILES string of the molecule is CCC(C)N1CCC(=O)N(c2ccc(C)nc2)CC1. The molecule has 2 rings (SSSR count). The molecule has 1 amide bonds. The smallest absolute Gasteiger partial charge is 0.228 e. The molecule has 19 heavy (non-hydrogen) atoms. The molecule has 4 nitrogen and oxygen atoms in total. The fraction of sp³-hybridized carbons (Fsp3) is 0.600. The maximum Gasteiger partial charge on any atom is 0.228 e. The highest BCUT2D eigenvalue weighted by Gasteiger charge is 2.24. The summed E-state index contributed by atoms with van der Waals surface area (Å²) in [6.07, 6.45) is 3.52. The predicted molar refractivity (Wildman–Crippen MR) is 77.3 cm³/mol. The molecule has 1 saturated heterocycles. The summed E-state index contributed by atoms with van der Waals surface area (Å²) in [6, 6.07) is 4.49. The molecule has 0 bridgehead atoms. The van der Waals surface area contributed by atoms with Crippen LogP contribution in [-0.4, -0.2) is 41.5 Å². The number of carbonyl (C=O) groups is 1. The number of anilines is 1. The number of rotatable bonds is 3. The maximum absolute atomic E-state index is 12.2. The first-order valence-corrected chi connectivity index (χ1v) is 7.09. The van der Waals surface area contributed by atoms with Crippen LogP contribution in [0, 0.1) is 6.92 Å². The van der Waals surface area contributed by atoms with E-state index in [2.05, 4.69) is 23.7 Å². The molecule has 1 aromatic heterocycles. The standard InChI is InChI=1S/C15H23N3O/c1-4-13(3)17-8-7-15(19)18(10-9-17)14-6-5-12(2)16-11-14/h5-6,11,13H,4,7-10H2,1-3H3. The number of nitrogens with zero attached hydrogens (tertiary/aromatic N) is 3. The molecule has 1 aromatic rings. The predicted octanol–water partition coefficient (Wildman–Crippen LogP) is 2.23. The molecule has 1 unspecified atom stereocenters. The summed E-state index contributed by atoms with van der Waals surface area (Å²) in [5.74, 6) is 0.205. The Kier molecular flexibility index (Phi) is 4.53. The van der Waals surface area contributed by atoms with Crippen LogP contribution in [0.5, 0.6) is 0 Å². The van der Waals surface area contributed by atoms with Gasteiger partial charge in [-0.1, -0.05) is 6.92 Å². The first kappa shape index (κ1) is 14.0. The largest absolute Gasteiger partial charge is 0.310 e. The Labute approximate surface area is 115 Å². The van der Waals surface area contributed by atoms with Gasteiger partial charge in [0.2, 0.25) is 5.91 Å². The second-order valence-electron chi connectivity index (χ2n) is 5.25. The van der Waals surface area contributed by atoms with Crippen molar-refractivity contribution in [1.82, 2.24) is 9.88 Å². The Morgan fingerprint density at radius 2 is 2.11 bits per heavy atom. The minimum absolute atomic E-state index is 0.205. The van der Waals surface area contributed by atoms with E-state index in [0.29, 0.717) is 12.5 Å². The van der Waals surface area contributed by atoms with E-state index in [1.165, 1.54) is 0 Å². The maximum atomic E-state index is 12.2. The van der Waals surface area contributed by atoms with Crippen molar-refractivity contribution in [3.05, 3.63) is 24.0 Å². The molecule has 1 aliphatic rings. The number of pyridine rings is 1. The minimum atomic E-state index is 0.205. The third kappa shape index (κ3) is 3.32. The van der Waals surface area contributed by atoms with E-state index >= 15 is 0 Å². The fourth-order valence-electron chi connectivity index (χ4n) is 2.43. The van der Waals surface area contributed by atoms with Gasteiger partial charge < -0.3 is 4.90 Å². The third-order valence-corrected chi connectivity index (χ3v) is 3.95. The number of carbonyl (C=O) groups excluding carboxylic acids is 1. The lowest BCUT2D eigenvalue weighted by molar-refractivity contribution is -0.118. The highest BCUT2D eigenvalue weighted by Crippen LogP contribution is 2.18. The second kappa shape index (κ2) is 6.15. The molecule has 0 N–H and O–H groups in total. The summed E-state index contributed by atoms with van der Waals surface area (Å²) in [4.78, 5) is 20.8. The van der Waals surface area contributed by atoms with Gasteiger partial charge in [-0.25, -0.2) is 0 Å². The van der Waals surface area contributed by atoms with E-state index in [0.717, 1.165) is 37.4 Å². The van der Waals surface area contributed by atoms with Gasteiger partial charge in [0, 0.05) is 37.8 Å². The van der Waals surface area contributed by atoms with Crippen LogP contribution in [0.3, 0.4) is 0 Å². The van der Waals surface area contributed by atoms with Gasteiger partial charge in [-0.2, -0.15) is 0 Å². The lowest BCUT2D eigenvalue weighted by atomic mass is 10.2. The lowest BCUT2D eigenvalue weighted by Gasteiger charge is -2.26. The van der Waals surface area contributed by atoms with Crippen LogP contribution in [0.1, 0.15) is 32.4 Å². The number of aryl methyl sites for hydroxylation is 1. The summed E-state index contributed by atoms with van der Waals surface area (Å²) >= 11 is 0. The van der Waals surface area contributed by atoms with Gasteiger partial charge in [0.25, 0.3) is 0 Å². The average molecular weight is 261 g/mol. The number of amides is 1. The van der Waals surface area contributed by atoms with Gasteiger partial charge in [0.1, 0.15) is 0 Å². The van der Waals surface area contributed by atoms with E-state index in [9.17, 15) is 4.79 Å². The summed E-state index contributed by atoms with van der Waals surface area (Å²) in [7, 11) is 0. The Morgan fingerprint density at radius 1 is 1.32 bits per heavy atom. The molecule has 104 valence electrons. The molecule has 4 heteroatoms. The molecular formula is C15H23N3O. The van der Waals surface area contributed by atoms with Gasteiger partial charge >= 0.3 is 0 Å². The van der Waals surface area contributed by atoms with Crippen LogP contribution in [-0.2, 0) is 4.79 Å². The molecule has 0 saturated carbocycles. The van der Waals surface area contributed by atoms with Gasteiger partial charge in [-0.3, -0.25) is 14.7 Å². The van der Waals surface area contributed by atoms with Crippen molar-refractivity contribution >= 4 is 11.6 Å². The van der Waals surface area contributed by atoms with Crippen molar-refractivity contribution in [2.24, 2.45) is 0 Å². The summed E-state index contributed by atoms with van der Waals surface area (Å²) < 4.78 is 0. The van der Waals surface area contributed by atoms with Crippen LogP contribution < -0.4 is 4.90 Å². The van der Waals surface area contributed by atoms with E-state index < -0.39 is 0 Å².